The highest BCUT2D eigenvalue weighted by atomic mass is 19.1. The highest BCUT2D eigenvalue weighted by Gasteiger charge is 2.32. The first-order valence-electron chi connectivity index (χ1n) is 5.70. The molecule has 1 aromatic carbocycles. The molecule has 0 fully saturated rings. The van der Waals surface area contributed by atoms with Crippen LogP contribution in [0.2, 0.25) is 0 Å². The summed E-state index contributed by atoms with van der Waals surface area (Å²) in [6.45, 7) is 7.74. The van der Waals surface area contributed by atoms with Crippen LogP contribution in [0, 0.1) is 11.7 Å². The molecule has 1 rings (SSSR count). The van der Waals surface area contributed by atoms with E-state index in [0.29, 0.717) is 0 Å². The first kappa shape index (κ1) is 12.9. The molecular formula is C14H19FO. The Morgan fingerprint density at radius 2 is 1.81 bits per heavy atom. The van der Waals surface area contributed by atoms with Crippen LogP contribution >= 0.6 is 0 Å². The Balaban J connectivity index is 3.01. The lowest BCUT2D eigenvalue weighted by atomic mass is 9.75. The van der Waals surface area contributed by atoms with Crippen molar-refractivity contribution in [2.45, 2.75) is 39.5 Å². The highest BCUT2D eigenvalue weighted by Crippen LogP contribution is 2.28. The monoisotopic (exact) mass is 222 g/mol. The Hall–Kier alpha value is -1.18. The van der Waals surface area contributed by atoms with Gasteiger partial charge in [0.05, 0.1) is 0 Å². The third-order valence-electron chi connectivity index (χ3n) is 3.24. The van der Waals surface area contributed by atoms with Crippen LogP contribution in [0.15, 0.2) is 24.3 Å². The second-order valence-electron chi connectivity index (χ2n) is 4.81. The molecule has 1 unspecified atom stereocenters. The van der Waals surface area contributed by atoms with Crippen LogP contribution < -0.4 is 0 Å². The Morgan fingerprint density at radius 1 is 1.31 bits per heavy atom. The lowest BCUT2D eigenvalue weighted by Crippen LogP contribution is -2.33. The number of hydrogen-bond donors (Lipinski definition) is 0. The maximum Gasteiger partial charge on any atom is 0.145 e. The molecule has 0 saturated heterocycles. The molecule has 0 aliphatic heterocycles. The molecule has 0 N–H and O–H groups in total. The van der Waals surface area contributed by atoms with Gasteiger partial charge in [-0.15, -0.1) is 0 Å². The predicted octanol–water partition coefficient (Wildman–Crippen LogP) is 3.72. The zero-order chi connectivity index (χ0) is 12.3. The van der Waals surface area contributed by atoms with E-state index in [1.165, 1.54) is 12.1 Å². The standard InChI is InChI=1S/C14H19FO/c1-5-10(2)13(16)14(3,4)11-6-8-12(15)9-7-11/h6-10H,5H2,1-4H3. The van der Waals surface area contributed by atoms with Gasteiger partial charge in [0, 0.05) is 11.3 Å². The van der Waals surface area contributed by atoms with E-state index in [1.807, 2.05) is 27.7 Å². The zero-order valence-electron chi connectivity index (χ0n) is 10.4. The summed E-state index contributed by atoms with van der Waals surface area (Å²) in [5.74, 6) is -0.0165. The number of halogens is 1. The molecule has 2 heteroatoms. The molecule has 0 aromatic heterocycles. The van der Waals surface area contributed by atoms with Crippen molar-refractivity contribution >= 4 is 5.78 Å². The summed E-state index contributed by atoms with van der Waals surface area (Å²) < 4.78 is 12.8. The predicted molar refractivity (Wildman–Crippen MR) is 63.9 cm³/mol. The van der Waals surface area contributed by atoms with Gasteiger partial charge in [-0.2, -0.15) is 0 Å². The molecule has 1 nitrogen and oxygen atoms in total. The molecule has 16 heavy (non-hydrogen) atoms. The molecule has 0 bridgehead atoms. The highest BCUT2D eigenvalue weighted by molar-refractivity contribution is 5.90. The van der Waals surface area contributed by atoms with Gasteiger partial charge < -0.3 is 0 Å². The molecule has 0 spiro atoms. The number of Topliss-reactive ketones (excluding diaryl/α,β-unsaturated/α-hetero) is 1. The van der Waals surface area contributed by atoms with Crippen LogP contribution in [0.1, 0.15) is 39.7 Å². The van der Waals surface area contributed by atoms with Gasteiger partial charge in [-0.05, 0) is 38.0 Å². The van der Waals surface area contributed by atoms with Crippen LogP contribution in [0.5, 0.6) is 0 Å². The Morgan fingerprint density at radius 3 is 2.25 bits per heavy atom. The van der Waals surface area contributed by atoms with Gasteiger partial charge in [-0.1, -0.05) is 26.0 Å². The molecule has 0 heterocycles. The molecule has 0 saturated carbocycles. The zero-order valence-corrected chi connectivity index (χ0v) is 10.4. The van der Waals surface area contributed by atoms with Gasteiger partial charge in [-0.3, -0.25) is 4.79 Å². The average Bonchev–Trinajstić information content (AvgIpc) is 2.27. The van der Waals surface area contributed by atoms with Gasteiger partial charge in [0.2, 0.25) is 0 Å². The van der Waals surface area contributed by atoms with Gasteiger partial charge in [0.1, 0.15) is 11.6 Å². The summed E-state index contributed by atoms with van der Waals surface area (Å²) in [5, 5.41) is 0. The fraction of sp³-hybridized carbons (Fsp3) is 0.500. The van der Waals surface area contributed by atoms with E-state index in [9.17, 15) is 9.18 Å². The van der Waals surface area contributed by atoms with Gasteiger partial charge in [0.15, 0.2) is 0 Å². The van der Waals surface area contributed by atoms with E-state index in [-0.39, 0.29) is 17.5 Å². The SMILES string of the molecule is CCC(C)C(=O)C(C)(C)c1ccc(F)cc1. The van der Waals surface area contributed by atoms with E-state index >= 15 is 0 Å². The fourth-order valence-electron chi connectivity index (χ4n) is 1.81. The van der Waals surface area contributed by atoms with Crippen molar-refractivity contribution < 1.29 is 9.18 Å². The number of hydrogen-bond acceptors (Lipinski definition) is 1. The van der Waals surface area contributed by atoms with Crippen LogP contribution in [0.25, 0.3) is 0 Å². The topological polar surface area (TPSA) is 17.1 Å². The third-order valence-corrected chi connectivity index (χ3v) is 3.24. The average molecular weight is 222 g/mol. The minimum atomic E-state index is -0.539. The van der Waals surface area contributed by atoms with Crippen molar-refractivity contribution in [1.29, 1.82) is 0 Å². The number of rotatable bonds is 4. The maximum atomic E-state index is 12.8. The van der Waals surface area contributed by atoms with E-state index in [2.05, 4.69) is 0 Å². The molecule has 0 aliphatic carbocycles. The summed E-state index contributed by atoms with van der Waals surface area (Å²) >= 11 is 0. The van der Waals surface area contributed by atoms with Crippen molar-refractivity contribution in [1.82, 2.24) is 0 Å². The minimum absolute atomic E-state index is 0.0417. The van der Waals surface area contributed by atoms with Gasteiger partial charge >= 0.3 is 0 Å². The lowest BCUT2D eigenvalue weighted by molar-refractivity contribution is -0.127. The van der Waals surface area contributed by atoms with Gasteiger partial charge in [0.25, 0.3) is 0 Å². The molecule has 1 atom stereocenters. The third kappa shape index (κ3) is 2.49. The quantitative estimate of drug-likeness (QED) is 0.758. The van der Waals surface area contributed by atoms with Crippen molar-refractivity contribution in [2.24, 2.45) is 5.92 Å². The van der Waals surface area contributed by atoms with Crippen LogP contribution in [-0.4, -0.2) is 5.78 Å². The van der Waals surface area contributed by atoms with Crippen LogP contribution in [0.4, 0.5) is 4.39 Å². The molecule has 0 radical (unpaired) electrons. The van der Waals surface area contributed by atoms with Crippen LogP contribution in [-0.2, 0) is 10.2 Å². The Kier molecular flexibility index (Phi) is 3.84. The summed E-state index contributed by atoms with van der Waals surface area (Å²) in [7, 11) is 0. The summed E-state index contributed by atoms with van der Waals surface area (Å²) in [6.07, 6.45) is 0.837. The first-order valence-corrected chi connectivity index (χ1v) is 5.70. The van der Waals surface area contributed by atoms with Crippen molar-refractivity contribution in [2.75, 3.05) is 0 Å². The Bertz CT molecular complexity index is 365. The maximum absolute atomic E-state index is 12.8. The lowest BCUT2D eigenvalue weighted by Gasteiger charge is -2.26. The second-order valence-corrected chi connectivity index (χ2v) is 4.81. The number of ketones is 1. The summed E-state index contributed by atoms with van der Waals surface area (Å²) in [6, 6.07) is 6.19. The molecule has 0 amide bonds. The smallest absolute Gasteiger partial charge is 0.145 e. The van der Waals surface area contributed by atoms with E-state index in [1.54, 1.807) is 12.1 Å². The fourth-order valence-corrected chi connectivity index (χ4v) is 1.81. The largest absolute Gasteiger partial charge is 0.298 e. The van der Waals surface area contributed by atoms with E-state index < -0.39 is 5.41 Å². The summed E-state index contributed by atoms with van der Waals surface area (Å²) in [4.78, 5) is 12.2. The molecule has 1 aromatic rings. The first-order chi connectivity index (χ1) is 7.39. The molecule has 0 aliphatic rings. The van der Waals surface area contributed by atoms with Crippen molar-refractivity contribution in [3.63, 3.8) is 0 Å². The van der Waals surface area contributed by atoms with Gasteiger partial charge in [-0.25, -0.2) is 4.39 Å². The second kappa shape index (κ2) is 4.77. The number of carbonyl (C=O) groups is 1. The normalized spacial score (nSPS) is 13.6. The molecule has 88 valence electrons. The minimum Gasteiger partial charge on any atom is -0.298 e. The number of carbonyl (C=O) groups excluding carboxylic acids is 1. The van der Waals surface area contributed by atoms with E-state index in [0.717, 1.165) is 12.0 Å². The van der Waals surface area contributed by atoms with Crippen molar-refractivity contribution in [3.05, 3.63) is 35.6 Å². The Labute approximate surface area is 96.7 Å². The van der Waals surface area contributed by atoms with Crippen molar-refractivity contribution in [3.8, 4) is 0 Å². The molecular weight excluding hydrogens is 203 g/mol. The van der Waals surface area contributed by atoms with E-state index in [4.69, 9.17) is 0 Å². The number of benzene rings is 1. The van der Waals surface area contributed by atoms with Crippen LogP contribution in [0.3, 0.4) is 0 Å². The summed E-state index contributed by atoms with van der Waals surface area (Å²) in [5.41, 5.74) is 0.336.